The summed E-state index contributed by atoms with van der Waals surface area (Å²) in [6, 6.07) is 1.85. The second-order valence-electron chi connectivity index (χ2n) is 3.01. The van der Waals surface area contributed by atoms with Gasteiger partial charge in [0.25, 0.3) is 0 Å². The molecule has 3 nitrogen and oxygen atoms in total. The highest BCUT2D eigenvalue weighted by Crippen LogP contribution is 2.07. The third kappa shape index (κ3) is 2.61. The summed E-state index contributed by atoms with van der Waals surface area (Å²) in [4.78, 5) is 14.1. The maximum Gasteiger partial charge on any atom is 0.339 e. The van der Waals surface area contributed by atoms with Crippen molar-refractivity contribution in [3.63, 3.8) is 0 Å². The minimum absolute atomic E-state index is 0.279. The Bertz CT molecular complexity index is 278. The first kappa shape index (κ1) is 9.84. The highest BCUT2D eigenvalue weighted by Gasteiger charge is 2.06. The van der Waals surface area contributed by atoms with Gasteiger partial charge in [-0.15, -0.1) is 0 Å². The summed E-state index contributed by atoms with van der Waals surface area (Å²) in [6.45, 7) is 2.14. The van der Waals surface area contributed by atoms with Gasteiger partial charge in [-0.3, -0.25) is 0 Å². The van der Waals surface area contributed by atoms with Crippen LogP contribution in [0.3, 0.4) is 0 Å². The molecule has 0 spiro atoms. The molecule has 0 aliphatic carbocycles. The van der Waals surface area contributed by atoms with E-state index in [4.69, 9.17) is 0 Å². The average molecular weight is 181 g/mol. The summed E-state index contributed by atoms with van der Waals surface area (Å²) in [5.41, 5.74) is 1.70. The molecule has 1 rings (SSSR count). The fourth-order valence-corrected chi connectivity index (χ4v) is 1.19. The van der Waals surface area contributed by atoms with Crippen LogP contribution < -0.4 is 0 Å². The van der Waals surface area contributed by atoms with Crippen molar-refractivity contribution in [2.45, 2.75) is 26.2 Å². The van der Waals surface area contributed by atoms with Crippen LogP contribution in [0.1, 0.15) is 35.8 Å². The summed E-state index contributed by atoms with van der Waals surface area (Å²) in [5.74, 6) is -0.279. The van der Waals surface area contributed by atoms with E-state index in [1.54, 1.807) is 6.20 Å². The van der Waals surface area contributed by atoms with Gasteiger partial charge in [0.15, 0.2) is 0 Å². The number of unbranched alkanes of at least 4 members (excludes halogenated alkanes) is 1. The molecule has 0 fully saturated rings. The number of aryl methyl sites for hydroxylation is 1. The number of carbonyl (C=O) groups is 1. The molecule has 0 amide bonds. The van der Waals surface area contributed by atoms with Crippen LogP contribution in [0.4, 0.5) is 0 Å². The van der Waals surface area contributed by atoms with Gasteiger partial charge in [0, 0.05) is 11.9 Å². The smallest absolute Gasteiger partial charge is 0.339 e. The van der Waals surface area contributed by atoms with Gasteiger partial charge >= 0.3 is 5.97 Å². The normalized spacial score (nSPS) is 10.0. The van der Waals surface area contributed by atoms with E-state index in [-0.39, 0.29) is 5.97 Å². The van der Waals surface area contributed by atoms with Crippen molar-refractivity contribution < 1.29 is 9.53 Å². The van der Waals surface area contributed by atoms with E-state index in [0.29, 0.717) is 5.56 Å². The number of esters is 1. The van der Waals surface area contributed by atoms with Gasteiger partial charge in [-0.25, -0.2) is 4.79 Å². The number of carbonyl (C=O) groups excluding carboxylic acids is 1. The number of ether oxygens (including phenoxy) is 1. The van der Waals surface area contributed by atoms with Crippen molar-refractivity contribution in [3.05, 3.63) is 23.5 Å². The van der Waals surface area contributed by atoms with Crippen LogP contribution in [0.25, 0.3) is 0 Å². The van der Waals surface area contributed by atoms with Gasteiger partial charge in [-0.05, 0) is 18.9 Å². The van der Waals surface area contributed by atoms with Gasteiger partial charge in [-0.2, -0.15) is 0 Å². The van der Waals surface area contributed by atoms with E-state index >= 15 is 0 Å². The van der Waals surface area contributed by atoms with Crippen LogP contribution >= 0.6 is 0 Å². The number of nitrogens with one attached hydrogen (secondary N) is 1. The lowest BCUT2D eigenvalue weighted by molar-refractivity contribution is 0.0601. The first-order valence-electron chi connectivity index (χ1n) is 4.53. The predicted octanol–water partition coefficient (Wildman–Crippen LogP) is 2.14. The lowest BCUT2D eigenvalue weighted by Gasteiger charge is -1.93. The van der Waals surface area contributed by atoms with E-state index < -0.39 is 0 Å². The molecule has 0 unspecified atom stereocenters. The van der Waals surface area contributed by atoms with Crippen molar-refractivity contribution in [2.75, 3.05) is 7.11 Å². The van der Waals surface area contributed by atoms with Crippen molar-refractivity contribution in [2.24, 2.45) is 0 Å². The highest BCUT2D eigenvalue weighted by molar-refractivity contribution is 5.89. The zero-order valence-corrected chi connectivity index (χ0v) is 8.09. The molecule has 1 aromatic heterocycles. The molecule has 0 aromatic carbocycles. The lowest BCUT2D eigenvalue weighted by atomic mass is 10.2. The maximum atomic E-state index is 11.1. The van der Waals surface area contributed by atoms with Crippen molar-refractivity contribution in [1.82, 2.24) is 4.98 Å². The molecule has 0 saturated carbocycles. The van der Waals surface area contributed by atoms with Gasteiger partial charge in [0.05, 0.1) is 12.7 Å². The van der Waals surface area contributed by atoms with Crippen LogP contribution in [0.2, 0.25) is 0 Å². The van der Waals surface area contributed by atoms with Gasteiger partial charge < -0.3 is 9.72 Å². The summed E-state index contributed by atoms with van der Waals surface area (Å²) in [7, 11) is 1.39. The molecule has 0 bridgehead atoms. The monoisotopic (exact) mass is 181 g/mol. The van der Waals surface area contributed by atoms with Gasteiger partial charge in [-0.1, -0.05) is 13.3 Å². The quantitative estimate of drug-likeness (QED) is 0.723. The van der Waals surface area contributed by atoms with E-state index in [0.717, 1.165) is 25.0 Å². The summed E-state index contributed by atoms with van der Waals surface area (Å²) >= 11 is 0. The molecule has 0 aliphatic rings. The highest BCUT2D eigenvalue weighted by atomic mass is 16.5. The minimum Gasteiger partial charge on any atom is -0.465 e. The van der Waals surface area contributed by atoms with Crippen molar-refractivity contribution in [1.29, 1.82) is 0 Å². The average Bonchev–Trinajstić information content (AvgIpc) is 2.62. The van der Waals surface area contributed by atoms with Crippen molar-refractivity contribution in [3.8, 4) is 0 Å². The Morgan fingerprint density at radius 2 is 2.38 bits per heavy atom. The molecule has 0 atom stereocenters. The van der Waals surface area contributed by atoms with Crippen molar-refractivity contribution >= 4 is 5.97 Å². The zero-order chi connectivity index (χ0) is 9.68. The number of rotatable bonds is 4. The Kier molecular flexibility index (Phi) is 3.55. The van der Waals surface area contributed by atoms with Crippen LogP contribution in [-0.2, 0) is 11.2 Å². The largest absolute Gasteiger partial charge is 0.465 e. The minimum atomic E-state index is -0.279. The number of hydrogen-bond donors (Lipinski definition) is 1. The van der Waals surface area contributed by atoms with Gasteiger partial charge in [0.2, 0.25) is 0 Å². The molecule has 0 radical (unpaired) electrons. The Morgan fingerprint density at radius 1 is 1.62 bits per heavy atom. The second-order valence-corrected chi connectivity index (χ2v) is 3.01. The lowest BCUT2D eigenvalue weighted by Crippen LogP contribution is -1.98. The standard InChI is InChI=1S/C10H15NO2/c1-3-4-5-9-6-8(7-11-9)10(12)13-2/h6-7,11H,3-5H2,1-2H3. The van der Waals surface area contributed by atoms with Crippen LogP contribution in [0.15, 0.2) is 12.3 Å². The summed E-state index contributed by atoms with van der Waals surface area (Å²) in [6.07, 6.45) is 4.98. The Labute approximate surface area is 78.1 Å². The topological polar surface area (TPSA) is 42.1 Å². The molecule has 1 heterocycles. The zero-order valence-electron chi connectivity index (χ0n) is 8.09. The number of aromatic amines is 1. The van der Waals surface area contributed by atoms with Crippen LogP contribution in [-0.4, -0.2) is 18.1 Å². The second kappa shape index (κ2) is 4.70. The molecule has 0 saturated heterocycles. The molecule has 13 heavy (non-hydrogen) atoms. The van der Waals surface area contributed by atoms with Crippen LogP contribution in [0, 0.1) is 0 Å². The number of methoxy groups -OCH3 is 1. The fraction of sp³-hybridized carbons (Fsp3) is 0.500. The molecular formula is C10H15NO2. The Balaban J connectivity index is 2.58. The van der Waals surface area contributed by atoms with Crippen LogP contribution in [0.5, 0.6) is 0 Å². The first-order valence-corrected chi connectivity index (χ1v) is 4.53. The number of H-pyrrole nitrogens is 1. The molecule has 3 heteroatoms. The number of hydrogen-bond acceptors (Lipinski definition) is 2. The van der Waals surface area contributed by atoms with E-state index in [1.165, 1.54) is 7.11 Å². The van der Waals surface area contributed by atoms with E-state index in [1.807, 2.05) is 6.07 Å². The molecule has 72 valence electrons. The third-order valence-electron chi connectivity index (χ3n) is 1.96. The molecule has 1 aromatic rings. The summed E-state index contributed by atoms with van der Waals surface area (Å²) in [5, 5.41) is 0. The Morgan fingerprint density at radius 3 is 3.00 bits per heavy atom. The fourth-order valence-electron chi connectivity index (χ4n) is 1.19. The van der Waals surface area contributed by atoms with Gasteiger partial charge in [0.1, 0.15) is 0 Å². The maximum absolute atomic E-state index is 11.1. The Hall–Kier alpha value is -1.25. The molecule has 1 N–H and O–H groups in total. The molecule has 0 aliphatic heterocycles. The predicted molar refractivity (Wildman–Crippen MR) is 50.7 cm³/mol. The first-order chi connectivity index (χ1) is 6.27. The third-order valence-corrected chi connectivity index (χ3v) is 1.96. The van der Waals surface area contributed by atoms with E-state index in [2.05, 4.69) is 16.6 Å². The number of aromatic nitrogens is 1. The molecular weight excluding hydrogens is 166 g/mol. The summed E-state index contributed by atoms with van der Waals surface area (Å²) < 4.78 is 4.60. The SMILES string of the molecule is CCCCc1cc(C(=O)OC)c[nH]1. The van der Waals surface area contributed by atoms with E-state index in [9.17, 15) is 4.79 Å².